The number of thioether (sulfide) groups is 1. The maximum absolute atomic E-state index is 12.0. The van der Waals surface area contributed by atoms with Crippen LogP contribution < -0.4 is 5.32 Å². The summed E-state index contributed by atoms with van der Waals surface area (Å²) in [4.78, 5) is 35.4. The quantitative estimate of drug-likeness (QED) is 0.735. The van der Waals surface area contributed by atoms with Gasteiger partial charge >= 0.3 is 5.97 Å². The van der Waals surface area contributed by atoms with Crippen LogP contribution in [-0.2, 0) is 9.59 Å². The minimum Gasteiger partial charge on any atom is -0.481 e. The number of piperidine rings is 1. The van der Waals surface area contributed by atoms with Crippen molar-refractivity contribution in [1.29, 1.82) is 0 Å². The van der Waals surface area contributed by atoms with Gasteiger partial charge in [-0.25, -0.2) is 0 Å². The molecule has 6 nitrogen and oxygen atoms in total. The van der Waals surface area contributed by atoms with Gasteiger partial charge in [0.15, 0.2) is 0 Å². The fourth-order valence-corrected chi connectivity index (χ4v) is 2.85. The van der Waals surface area contributed by atoms with E-state index in [2.05, 4.69) is 5.32 Å². The van der Waals surface area contributed by atoms with E-state index in [1.807, 2.05) is 0 Å². The first kappa shape index (κ1) is 12.2. The molecule has 2 saturated heterocycles. The largest absolute Gasteiger partial charge is 0.481 e. The molecule has 2 rings (SSSR count). The number of carbonyl (C=O) groups is 3. The number of rotatable bonds is 2. The third-order valence-electron chi connectivity index (χ3n) is 3.13. The zero-order chi connectivity index (χ0) is 12.4. The molecule has 0 aromatic rings. The van der Waals surface area contributed by atoms with Gasteiger partial charge in [0.05, 0.1) is 5.92 Å². The van der Waals surface area contributed by atoms with Gasteiger partial charge < -0.3 is 15.3 Å². The first-order chi connectivity index (χ1) is 8.08. The van der Waals surface area contributed by atoms with E-state index in [0.29, 0.717) is 31.7 Å². The predicted octanol–water partition coefficient (Wildman–Crippen LogP) is 0.135. The molecule has 0 aromatic carbocycles. The van der Waals surface area contributed by atoms with Gasteiger partial charge in [0, 0.05) is 18.8 Å². The highest BCUT2D eigenvalue weighted by Gasteiger charge is 2.34. The second kappa shape index (κ2) is 4.95. The van der Waals surface area contributed by atoms with Crippen molar-refractivity contribution in [3.05, 3.63) is 0 Å². The Morgan fingerprint density at radius 2 is 2.00 bits per heavy atom. The maximum atomic E-state index is 12.0. The summed E-state index contributed by atoms with van der Waals surface area (Å²) >= 11 is 1.11. The highest BCUT2D eigenvalue weighted by molar-refractivity contribution is 8.14. The molecule has 2 N–H and O–H groups in total. The van der Waals surface area contributed by atoms with Crippen molar-refractivity contribution >= 4 is 28.9 Å². The van der Waals surface area contributed by atoms with Crippen LogP contribution in [0.25, 0.3) is 0 Å². The summed E-state index contributed by atoms with van der Waals surface area (Å²) in [5.41, 5.74) is 0. The second-order valence-electron chi connectivity index (χ2n) is 4.23. The molecule has 0 radical (unpaired) electrons. The molecule has 7 heteroatoms. The van der Waals surface area contributed by atoms with Gasteiger partial charge in [0.1, 0.15) is 6.04 Å². The number of nitrogens with zero attached hydrogens (tertiary/aromatic N) is 1. The monoisotopic (exact) mass is 258 g/mol. The van der Waals surface area contributed by atoms with Crippen LogP contribution in [0.1, 0.15) is 12.8 Å². The zero-order valence-electron chi connectivity index (χ0n) is 9.22. The Morgan fingerprint density at radius 1 is 1.35 bits per heavy atom. The first-order valence-corrected chi connectivity index (χ1v) is 6.51. The molecule has 0 aromatic heterocycles. The summed E-state index contributed by atoms with van der Waals surface area (Å²) < 4.78 is 0. The van der Waals surface area contributed by atoms with Crippen molar-refractivity contribution < 1.29 is 19.5 Å². The fraction of sp³-hybridized carbons (Fsp3) is 0.700. The Morgan fingerprint density at radius 3 is 2.47 bits per heavy atom. The molecular weight excluding hydrogens is 244 g/mol. The standard InChI is InChI=1S/C10H14N2O4S/c13-8(7-5-17-10(16)11-7)12-3-1-6(2-4-12)9(14)15/h6-7H,1-5H2,(H,11,16)(H,14,15). The summed E-state index contributed by atoms with van der Waals surface area (Å²) in [6.45, 7) is 0.930. The van der Waals surface area contributed by atoms with Crippen molar-refractivity contribution in [2.24, 2.45) is 5.92 Å². The molecule has 2 heterocycles. The Kier molecular flexibility index (Phi) is 3.56. The van der Waals surface area contributed by atoms with Crippen molar-refractivity contribution in [1.82, 2.24) is 10.2 Å². The van der Waals surface area contributed by atoms with E-state index in [-0.39, 0.29) is 17.1 Å². The SMILES string of the molecule is O=C1NC(C(=O)N2CCC(C(=O)O)CC2)CS1. The van der Waals surface area contributed by atoms with Crippen molar-refractivity contribution in [2.75, 3.05) is 18.8 Å². The number of carboxylic acid groups (broad SMARTS) is 1. The molecule has 0 saturated carbocycles. The number of hydrogen-bond donors (Lipinski definition) is 2. The van der Waals surface area contributed by atoms with Crippen molar-refractivity contribution in [3.8, 4) is 0 Å². The number of carbonyl (C=O) groups excluding carboxylic acids is 2. The lowest BCUT2D eigenvalue weighted by atomic mass is 9.97. The van der Waals surface area contributed by atoms with Gasteiger partial charge in [-0.1, -0.05) is 11.8 Å². The molecule has 2 fully saturated rings. The number of nitrogens with one attached hydrogen (secondary N) is 1. The van der Waals surface area contributed by atoms with Crippen LogP contribution in [0.5, 0.6) is 0 Å². The minimum atomic E-state index is -0.790. The molecule has 2 aliphatic rings. The topological polar surface area (TPSA) is 86.7 Å². The summed E-state index contributed by atoms with van der Waals surface area (Å²) in [6, 6.07) is -0.436. The molecule has 1 unspecified atom stereocenters. The lowest BCUT2D eigenvalue weighted by Gasteiger charge is -2.31. The van der Waals surface area contributed by atoms with Crippen LogP contribution in [0.15, 0.2) is 0 Å². The van der Waals surface area contributed by atoms with Gasteiger partial charge in [-0.2, -0.15) is 0 Å². The van der Waals surface area contributed by atoms with Gasteiger partial charge in [-0.15, -0.1) is 0 Å². The van der Waals surface area contributed by atoms with Crippen LogP contribution >= 0.6 is 11.8 Å². The van der Waals surface area contributed by atoms with E-state index in [1.54, 1.807) is 4.90 Å². The molecule has 2 aliphatic heterocycles. The first-order valence-electron chi connectivity index (χ1n) is 5.53. The Balaban J connectivity index is 1.86. The van der Waals surface area contributed by atoms with E-state index in [1.165, 1.54) is 0 Å². The average Bonchev–Trinajstić information content (AvgIpc) is 2.75. The smallest absolute Gasteiger partial charge is 0.306 e. The lowest BCUT2D eigenvalue weighted by molar-refractivity contribution is -0.146. The molecule has 2 amide bonds. The molecule has 0 aliphatic carbocycles. The average molecular weight is 258 g/mol. The van der Waals surface area contributed by atoms with E-state index in [9.17, 15) is 14.4 Å². The van der Waals surface area contributed by atoms with Gasteiger partial charge in [-0.05, 0) is 12.8 Å². The number of carboxylic acids is 1. The van der Waals surface area contributed by atoms with Crippen LogP contribution in [-0.4, -0.2) is 52.0 Å². The van der Waals surface area contributed by atoms with E-state index in [4.69, 9.17) is 5.11 Å². The minimum absolute atomic E-state index is 0.0906. The van der Waals surface area contributed by atoms with E-state index in [0.717, 1.165) is 11.8 Å². The van der Waals surface area contributed by atoms with Crippen molar-refractivity contribution in [3.63, 3.8) is 0 Å². The fourth-order valence-electron chi connectivity index (χ4n) is 2.08. The van der Waals surface area contributed by atoms with Crippen LogP contribution in [0.2, 0.25) is 0 Å². The molecule has 94 valence electrons. The van der Waals surface area contributed by atoms with E-state index >= 15 is 0 Å². The van der Waals surface area contributed by atoms with Crippen LogP contribution in [0.4, 0.5) is 4.79 Å². The van der Waals surface area contributed by atoms with Gasteiger partial charge in [-0.3, -0.25) is 14.4 Å². The Labute approximate surface area is 103 Å². The third kappa shape index (κ3) is 2.71. The number of aliphatic carboxylic acids is 1. The van der Waals surface area contributed by atoms with E-state index < -0.39 is 12.0 Å². The molecule has 0 bridgehead atoms. The molecule has 0 spiro atoms. The lowest BCUT2D eigenvalue weighted by Crippen LogP contribution is -2.49. The Hall–Kier alpha value is -1.24. The van der Waals surface area contributed by atoms with Crippen LogP contribution in [0, 0.1) is 5.92 Å². The van der Waals surface area contributed by atoms with Gasteiger partial charge in [0.25, 0.3) is 5.24 Å². The maximum Gasteiger partial charge on any atom is 0.306 e. The highest BCUT2D eigenvalue weighted by Crippen LogP contribution is 2.20. The predicted molar refractivity (Wildman–Crippen MR) is 61.7 cm³/mol. The highest BCUT2D eigenvalue weighted by atomic mass is 32.2. The zero-order valence-corrected chi connectivity index (χ0v) is 10.0. The molecule has 17 heavy (non-hydrogen) atoms. The third-order valence-corrected chi connectivity index (χ3v) is 4.01. The normalized spacial score (nSPS) is 25.8. The molecule has 1 atom stereocenters. The summed E-state index contributed by atoms with van der Waals surface area (Å²) in [5.74, 6) is -0.753. The summed E-state index contributed by atoms with van der Waals surface area (Å²) in [6.07, 6.45) is 0.990. The number of hydrogen-bond acceptors (Lipinski definition) is 4. The summed E-state index contributed by atoms with van der Waals surface area (Å²) in [7, 11) is 0. The van der Waals surface area contributed by atoms with Crippen molar-refractivity contribution in [2.45, 2.75) is 18.9 Å². The number of likely N-dealkylation sites (tertiary alicyclic amines) is 1. The molecular formula is C10H14N2O4S. The second-order valence-corrected chi connectivity index (χ2v) is 5.23. The summed E-state index contributed by atoms with van der Waals surface area (Å²) in [5, 5.41) is 11.3. The Bertz CT molecular complexity index is 352. The number of amides is 2. The van der Waals surface area contributed by atoms with Gasteiger partial charge in [0.2, 0.25) is 5.91 Å². The van der Waals surface area contributed by atoms with Crippen LogP contribution in [0.3, 0.4) is 0 Å².